The Labute approximate surface area is 61.8 Å². The fourth-order valence-corrected chi connectivity index (χ4v) is 0.788. The van der Waals surface area contributed by atoms with Crippen LogP contribution in [-0.4, -0.2) is 11.7 Å². The van der Waals surface area contributed by atoms with Crippen molar-refractivity contribution in [3.8, 4) is 6.07 Å². The summed E-state index contributed by atoms with van der Waals surface area (Å²) >= 11 is 0. The highest BCUT2D eigenvalue weighted by atomic mass is 16.3. The summed E-state index contributed by atoms with van der Waals surface area (Å²) in [6.07, 6.45) is 3.88. The van der Waals surface area contributed by atoms with Crippen LogP contribution >= 0.6 is 0 Å². The van der Waals surface area contributed by atoms with E-state index < -0.39 is 0 Å². The molecule has 0 aromatic carbocycles. The maximum atomic E-state index is 8.73. The Balaban J connectivity index is 3.41. The first-order valence-corrected chi connectivity index (χ1v) is 3.43. The second-order valence-corrected chi connectivity index (χ2v) is 2.27. The zero-order chi connectivity index (χ0) is 7.82. The van der Waals surface area contributed by atoms with Crippen LogP contribution in [0.2, 0.25) is 0 Å². The van der Waals surface area contributed by atoms with Crippen LogP contribution in [0.5, 0.6) is 0 Å². The molecule has 0 bridgehead atoms. The number of nitriles is 1. The van der Waals surface area contributed by atoms with Gasteiger partial charge >= 0.3 is 0 Å². The largest absolute Gasteiger partial charge is 0.396 e. The lowest BCUT2D eigenvalue weighted by molar-refractivity contribution is 0.221. The monoisotopic (exact) mass is 139 g/mol. The molecule has 0 spiro atoms. The summed E-state index contributed by atoms with van der Waals surface area (Å²) in [6.45, 7) is 3.72. The summed E-state index contributed by atoms with van der Waals surface area (Å²) < 4.78 is 0. The molecule has 0 aromatic heterocycles. The van der Waals surface area contributed by atoms with Crippen molar-refractivity contribution in [3.63, 3.8) is 0 Å². The van der Waals surface area contributed by atoms with Gasteiger partial charge in [-0.1, -0.05) is 6.08 Å². The van der Waals surface area contributed by atoms with E-state index >= 15 is 0 Å². The van der Waals surface area contributed by atoms with Crippen LogP contribution < -0.4 is 0 Å². The Morgan fingerprint density at radius 1 is 1.70 bits per heavy atom. The quantitative estimate of drug-likeness (QED) is 0.586. The first kappa shape index (κ1) is 9.19. The minimum absolute atomic E-state index is 0.160. The Bertz CT molecular complexity index is 126. The molecule has 0 unspecified atom stereocenters. The van der Waals surface area contributed by atoms with E-state index in [9.17, 15) is 0 Å². The van der Waals surface area contributed by atoms with Gasteiger partial charge in [-0.15, -0.1) is 6.58 Å². The van der Waals surface area contributed by atoms with Crippen molar-refractivity contribution in [3.05, 3.63) is 12.7 Å². The van der Waals surface area contributed by atoms with E-state index in [-0.39, 0.29) is 12.5 Å². The minimum Gasteiger partial charge on any atom is -0.396 e. The second-order valence-electron chi connectivity index (χ2n) is 2.27. The molecule has 0 aliphatic rings. The van der Waals surface area contributed by atoms with E-state index in [0.717, 1.165) is 12.8 Å². The van der Waals surface area contributed by atoms with Gasteiger partial charge in [-0.05, 0) is 18.8 Å². The maximum Gasteiger partial charge on any atom is 0.0621 e. The number of allylic oxidation sites excluding steroid dienone is 1. The van der Waals surface area contributed by atoms with Crippen molar-refractivity contribution in [1.29, 1.82) is 5.26 Å². The number of rotatable bonds is 5. The SMILES string of the molecule is C=CC[C@@H](CO)CCC#N. The molecular weight excluding hydrogens is 126 g/mol. The molecule has 1 atom stereocenters. The molecule has 2 nitrogen and oxygen atoms in total. The number of aliphatic hydroxyl groups excluding tert-OH is 1. The Hall–Kier alpha value is -0.810. The third kappa shape index (κ3) is 4.11. The fraction of sp³-hybridized carbons (Fsp3) is 0.625. The fourth-order valence-electron chi connectivity index (χ4n) is 0.788. The summed E-state index contributed by atoms with van der Waals surface area (Å²) in [7, 11) is 0. The van der Waals surface area contributed by atoms with Gasteiger partial charge in [0.2, 0.25) is 0 Å². The second kappa shape index (κ2) is 6.31. The Morgan fingerprint density at radius 3 is 2.80 bits per heavy atom. The summed E-state index contributed by atoms with van der Waals surface area (Å²) in [5.74, 6) is 0.233. The molecule has 0 aromatic rings. The number of nitrogens with zero attached hydrogens (tertiary/aromatic N) is 1. The Kier molecular flexibility index (Phi) is 5.80. The van der Waals surface area contributed by atoms with Crippen LogP contribution in [0.4, 0.5) is 0 Å². The summed E-state index contributed by atoms with van der Waals surface area (Å²) in [5.41, 5.74) is 0. The lowest BCUT2D eigenvalue weighted by Gasteiger charge is -2.07. The van der Waals surface area contributed by atoms with Gasteiger partial charge in [-0.2, -0.15) is 5.26 Å². The molecule has 0 aliphatic heterocycles. The van der Waals surface area contributed by atoms with Gasteiger partial charge in [0.1, 0.15) is 0 Å². The highest BCUT2D eigenvalue weighted by Gasteiger charge is 2.03. The van der Waals surface area contributed by atoms with Crippen LogP contribution in [-0.2, 0) is 0 Å². The van der Waals surface area contributed by atoms with E-state index in [4.69, 9.17) is 10.4 Å². The third-order valence-electron chi connectivity index (χ3n) is 1.42. The number of hydrogen-bond acceptors (Lipinski definition) is 2. The van der Waals surface area contributed by atoms with Crippen molar-refractivity contribution in [1.82, 2.24) is 0 Å². The van der Waals surface area contributed by atoms with Crippen LogP contribution in [0, 0.1) is 17.2 Å². The molecule has 0 fully saturated rings. The highest BCUT2D eigenvalue weighted by molar-refractivity contribution is 4.77. The molecule has 2 heteroatoms. The zero-order valence-corrected chi connectivity index (χ0v) is 6.08. The first-order chi connectivity index (χ1) is 4.85. The summed E-state index contributed by atoms with van der Waals surface area (Å²) in [5, 5.41) is 16.9. The van der Waals surface area contributed by atoms with Crippen LogP contribution in [0.15, 0.2) is 12.7 Å². The summed E-state index contributed by atoms with van der Waals surface area (Å²) in [6, 6.07) is 2.05. The van der Waals surface area contributed by atoms with Crippen LogP contribution in [0.3, 0.4) is 0 Å². The van der Waals surface area contributed by atoms with Crippen molar-refractivity contribution >= 4 is 0 Å². The number of hydrogen-bond donors (Lipinski definition) is 1. The van der Waals surface area contributed by atoms with E-state index in [1.54, 1.807) is 6.08 Å². The summed E-state index contributed by atoms with van der Waals surface area (Å²) in [4.78, 5) is 0. The maximum absolute atomic E-state index is 8.73. The van der Waals surface area contributed by atoms with E-state index in [2.05, 4.69) is 6.58 Å². The van der Waals surface area contributed by atoms with Crippen molar-refractivity contribution in [2.45, 2.75) is 19.3 Å². The predicted octanol–water partition coefficient (Wildman–Crippen LogP) is 1.47. The minimum atomic E-state index is 0.160. The molecule has 0 saturated carbocycles. The highest BCUT2D eigenvalue weighted by Crippen LogP contribution is 2.09. The van der Waals surface area contributed by atoms with E-state index in [1.165, 1.54) is 0 Å². The number of aliphatic hydroxyl groups is 1. The third-order valence-corrected chi connectivity index (χ3v) is 1.42. The van der Waals surface area contributed by atoms with Gasteiger partial charge in [-0.3, -0.25) is 0 Å². The molecule has 0 amide bonds. The molecule has 1 N–H and O–H groups in total. The van der Waals surface area contributed by atoms with Gasteiger partial charge in [0, 0.05) is 13.0 Å². The van der Waals surface area contributed by atoms with Crippen LogP contribution in [0.1, 0.15) is 19.3 Å². The van der Waals surface area contributed by atoms with Crippen molar-refractivity contribution < 1.29 is 5.11 Å². The van der Waals surface area contributed by atoms with Gasteiger partial charge in [0.05, 0.1) is 6.07 Å². The molecule has 0 heterocycles. The zero-order valence-electron chi connectivity index (χ0n) is 6.08. The Morgan fingerprint density at radius 2 is 2.40 bits per heavy atom. The van der Waals surface area contributed by atoms with Gasteiger partial charge in [-0.25, -0.2) is 0 Å². The predicted molar refractivity (Wildman–Crippen MR) is 40.2 cm³/mol. The normalized spacial score (nSPS) is 12.0. The smallest absolute Gasteiger partial charge is 0.0621 e. The lowest BCUT2D eigenvalue weighted by atomic mass is 10.0. The first-order valence-electron chi connectivity index (χ1n) is 3.43. The van der Waals surface area contributed by atoms with E-state index in [0.29, 0.717) is 6.42 Å². The molecule has 0 saturated heterocycles. The lowest BCUT2D eigenvalue weighted by Crippen LogP contribution is -2.03. The molecule has 0 rings (SSSR count). The standard InChI is InChI=1S/C8H13NO/c1-2-4-8(7-10)5-3-6-9/h2,8,10H,1,3-5,7H2/t8-/m1/s1. The van der Waals surface area contributed by atoms with Crippen molar-refractivity contribution in [2.75, 3.05) is 6.61 Å². The molecule has 0 radical (unpaired) electrons. The molecular formula is C8H13NO. The molecule has 10 heavy (non-hydrogen) atoms. The van der Waals surface area contributed by atoms with E-state index in [1.807, 2.05) is 6.07 Å². The average Bonchev–Trinajstić information content (AvgIpc) is 1.98. The van der Waals surface area contributed by atoms with Crippen molar-refractivity contribution in [2.24, 2.45) is 5.92 Å². The van der Waals surface area contributed by atoms with Gasteiger partial charge < -0.3 is 5.11 Å². The molecule has 0 aliphatic carbocycles. The average molecular weight is 139 g/mol. The van der Waals surface area contributed by atoms with Gasteiger partial charge in [0.25, 0.3) is 0 Å². The topological polar surface area (TPSA) is 44.0 Å². The van der Waals surface area contributed by atoms with Gasteiger partial charge in [0.15, 0.2) is 0 Å². The van der Waals surface area contributed by atoms with Crippen LogP contribution in [0.25, 0.3) is 0 Å². The molecule has 56 valence electrons.